The number of hydrogen-bond acceptors (Lipinski definition) is 0. The van der Waals surface area contributed by atoms with E-state index in [9.17, 15) is 8.78 Å². The Morgan fingerprint density at radius 2 is 1.65 bits per heavy atom. The molecule has 0 nitrogen and oxygen atoms in total. The van der Waals surface area contributed by atoms with Crippen LogP contribution in [0.5, 0.6) is 0 Å². The van der Waals surface area contributed by atoms with Crippen LogP contribution in [0, 0.1) is 12.7 Å². The molecule has 0 heterocycles. The van der Waals surface area contributed by atoms with Gasteiger partial charge in [0, 0.05) is 8.95 Å². The van der Waals surface area contributed by atoms with Crippen molar-refractivity contribution in [1.82, 2.24) is 0 Å². The summed E-state index contributed by atoms with van der Waals surface area (Å²) in [6.07, 6.45) is 0. The average molecular weight is 536 g/mol. The average Bonchev–Trinajstić information content (AvgIpc) is 2.43. The maximum atomic E-state index is 13.0. The van der Waals surface area contributed by atoms with Crippen molar-refractivity contribution in [2.45, 2.75) is 13.6 Å². The van der Waals surface area contributed by atoms with Crippen molar-refractivity contribution in [2.75, 3.05) is 0 Å². The Morgan fingerprint density at radius 1 is 1.00 bits per heavy atom. The standard InChI is InChI=1S/C7H4Br3F.C7H6BrF/c1-3-2-4(8)7(11)6(10)5(3)9;8-7-3-1-2-6(4-7)5-9/h2H,1H3;1-4H,5H2. The van der Waals surface area contributed by atoms with Crippen LogP contribution < -0.4 is 0 Å². The van der Waals surface area contributed by atoms with Gasteiger partial charge in [0.25, 0.3) is 0 Å². The molecule has 2 aromatic rings. The van der Waals surface area contributed by atoms with Gasteiger partial charge in [-0.15, -0.1) is 0 Å². The lowest BCUT2D eigenvalue weighted by Gasteiger charge is -2.03. The van der Waals surface area contributed by atoms with E-state index < -0.39 is 0 Å². The summed E-state index contributed by atoms with van der Waals surface area (Å²) < 4.78 is 27.6. The lowest BCUT2D eigenvalue weighted by Crippen LogP contribution is -1.85. The summed E-state index contributed by atoms with van der Waals surface area (Å²) in [6.45, 7) is 1.51. The van der Waals surface area contributed by atoms with Gasteiger partial charge in [0.05, 0.1) is 8.95 Å². The monoisotopic (exact) mass is 532 g/mol. The van der Waals surface area contributed by atoms with Crippen LogP contribution in [0.3, 0.4) is 0 Å². The number of alkyl halides is 1. The van der Waals surface area contributed by atoms with Gasteiger partial charge in [-0.3, -0.25) is 0 Å². The first kappa shape index (κ1) is 18.3. The molecule has 0 amide bonds. The van der Waals surface area contributed by atoms with E-state index in [1.807, 2.05) is 19.1 Å². The second kappa shape index (κ2) is 8.61. The van der Waals surface area contributed by atoms with Crippen molar-refractivity contribution >= 4 is 63.7 Å². The molecule has 0 spiro atoms. The van der Waals surface area contributed by atoms with Gasteiger partial charge in [-0.05, 0) is 84.0 Å². The van der Waals surface area contributed by atoms with Gasteiger partial charge in [0.15, 0.2) is 5.82 Å². The minimum Gasteiger partial charge on any atom is -0.246 e. The van der Waals surface area contributed by atoms with E-state index in [0.717, 1.165) is 14.5 Å². The highest BCUT2D eigenvalue weighted by atomic mass is 79.9. The number of benzene rings is 2. The zero-order chi connectivity index (χ0) is 15.3. The second-order valence-electron chi connectivity index (χ2n) is 3.88. The van der Waals surface area contributed by atoms with Crippen LogP contribution in [-0.4, -0.2) is 0 Å². The van der Waals surface area contributed by atoms with E-state index in [2.05, 4.69) is 63.7 Å². The van der Waals surface area contributed by atoms with Crippen LogP contribution in [0.4, 0.5) is 8.78 Å². The summed E-state index contributed by atoms with van der Waals surface area (Å²) in [7, 11) is 0. The molecule has 0 aliphatic carbocycles. The highest BCUT2D eigenvalue weighted by molar-refractivity contribution is 9.13. The van der Waals surface area contributed by atoms with E-state index >= 15 is 0 Å². The molecule has 0 saturated heterocycles. The number of hydrogen-bond donors (Lipinski definition) is 0. The van der Waals surface area contributed by atoms with E-state index in [1.165, 1.54) is 0 Å². The molecule has 20 heavy (non-hydrogen) atoms. The Bertz CT molecular complexity index is 574. The van der Waals surface area contributed by atoms with Gasteiger partial charge >= 0.3 is 0 Å². The first-order valence-corrected chi connectivity index (χ1v) is 8.64. The van der Waals surface area contributed by atoms with E-state index in [4.69, 9.17) is 0 Å². The fraction of sp³-hybridized carbons (Fsp3) is 0.143. The van der Waals surface area contributed by atoms with Crippen LogP contribution in [-0.2, 0) is 6.67 Å². The summed E-state index contributed by atoms with van der Waals surface area (Å²) >= 11 is 12.7. The van der Waals surface area contributed by atoms with Crippen molar-refractivity contribution in [3.8, 4) is 0 Å². The van der Waals surface area contributed by atoms with Crippen molar-refractivity contribution in [3.63, 3.8) is 0 Å². The Kier molecular flexibility index (Phi) is 7.87. The Morgan fingerprint density at radius 3 is 2.15 bits per heavy atom. The summed E-state index contributed by atoms with van der Waals surface area (Å²) in [6, 6.07) is 8.94. The summed E-state index contributed by atoms with van der Waals surface area (Å²) in [5, 5.41) is 0. The third-order valence-corrected chi connectivity index (χ3v) is 5.70. The van der Waals surface area contributed by atoms with E-state index in [1.54, 1.807) is 18.2 Å². The Labute approximate surface area is 150 Å². The SMILES string of the molecule is Cc1cc(Br)c(F)c(Br)c1Br.FCc1cccc(Br)c1. The molecule has 0 atom stereocenters. The highest BCUT2D eigenvalue weighted by Crippen LogP contribution is 2.33. The lowest BCUT2D eigenvalue weighted by atomic mass is 10.2. The van der Waals surface area contributed by atoms with Crippen LogP contribution in [0.2, 0.25) is 0 Å². The Hall–Kier alpha value is 0.220. The molecule has 0 N–H and O–H groups in total. The molecule has 2 aromatic carbocycles. The zero-order valence-electron chi connectivity index (χ0n) is 10.4. The maximum absolute atomic E-state index is 13.0. The largest absolute Gasteiger partial charge is 0.246 e. The van der Waals surface area contributed by atoms with Gasteiger partial charge in [-0.25, -0.2) is 8.78 Å². The molecule has 0 aliphatic rings. The molecule has 108 valence electrons. The normalized spacial score (nSPS) is 9.95. The molecule has 0 radical (unpaired) electrons. The van der Waals surface area contributed by atoms with Crippen LogP contribution >= 0.6 is 63.7 Å². The topological polar surface area (TPSA) is 0 Å². The van der Waals surface area contributed by atoms with Crippen LogP contribution in [0.1, 0.15) is 11.1 Å². The highest BCUT2D eigenvalue weighted by Gasteiger charge is 2.10. The fourth-order valence-corrected chi connectivity index (χ4v) is 3.38. The quantitative estimate of drug-likeness (QED) is 0.265. The minimum absolute atomic E-state index is 0.275. The molecule has 6 heteroatoms. The molecule has 0 bridgehead atoms. The van der Waals surface area contributed by atoms with Gasteiger partial charge in [-0.1, -0.05) is 28.1 Å². The van der Waals surface area contributed by atoms with Crippen molar-refractivity contribution in [2.24, 2.45) is 0 Å². The van der Waals surface area contributed by atoms with Crippen molar-refractivity contribution in [3.05, 3.63) is 65.2 Å². The first-order chi connectivity index (χ1) is 9.36. The molecular weight excluding hydrogens is 526 g/mol. The minimum atomic E-state index is -0.389. The van der Waals surface area contributed by atoms with Gasteiger partial charge < -0.3 is 0 Å². The van der Waals surface area contributed by atoms with Gasteiger partial charge in [-0.2, -0.15) is 0 Å². The molecule has 0 aromatic heterocycles. The van der Waals surface area contributed by atoms with E-state index in [0.29, 0.717) is 14.5 Å². The predicted octanol–water partition coefficient (Wildman–Crippen LogP) is 7.34. The van der Waals surface area contributed by atoms with Crippen LogP contribution in [0.25, 0.3) is 0 Å². The second-order valence-corrected chi connectivity index (χ2v) is 7.24. The van der Waals surface area contributed by atoms with Crippen molar-refractivity contribution < 1.29 is 8.78 Å². The summed E-state index contributed by atoms with van der Waals surface area (Å²) in [5.41, 5.74) is 1.70. The maximum Gasteiger partial charge on any atom is 0.152 e. The molecule has 0 unspecified atom stereocenters. The van der Waals surface area contributed by atoms with Crippen LogP contribution in [0.15, 0.2) is 48.2 Å². The van der Waals surface area contributed by atoms with Gasteiger partial charge in [0.2, 0.25) is 0 Å². The first-order valence-electron chi connectivity index (χ1n) is 5.46. The van der Waals surface area contributed by atoms with Crippen molar-refractivity contribution in [1.29, 1.82) is 0 Å². The fourth-order valence-electron chi connectivity index (χ4n) is 1.31. The van der Waals surface area contributed by atoms with E-state index in [-0.39, 0.29) is 12.5 Å². The predicted molar refractivity (Wildman–Crippen MR) is 93.2 cm³/mol. The molecule has 0 aliphatic heterocycles. The Balaban J connectivity index is 0.000000204. The zero-order valence-corrected chi connectivity index (χ0v) is 16.7. The lowest BCUT2D eigenvalue weighted by molar-refractivity contribution is 0.485. The summed E-state index contributed by atoms with van der Waals surface area (Å²) in [4.78, 5) is 0. The third-order valence-electron chi connectivity index (χ3n) is 2.33. The number of halogens is 6. The summed E-state index contributed by atoms with van der Waals surface area (Å²) in [5.74, 6) is -0.275. The molecule has 0 saturated carbocycles. The third kappa shape index (κ3) is 5.20. The number of rotatable bonds is 1. The molecule has 0 fully saturated rings. The van der Waals surface area contributed by atoms with Gasteiger partial charge in [0.1, 0.15) is 6.67 Å². The smallest absolute Gasteiger partial charge is 0.152 e. The molecular formula is C14H10Br4F2. The molecule has 2 rings (SSSR count). The number of aryl methyl sites for hydroxylation is 1.